The number of amides is 1. The van der Waals surface area contributed by atoms with E-state index in [0.29, 0.717) is 0 Å². The average Bonchev–Trinajstić information content (AvgIpc) is 2.99. The first-order valence-corrected chi connectivity index (χ1v) is 6.80. The summed E-state index contributed by atoms with van der Waals surface area (Å²) in [6.45, 7) is 3.50. The highest BCUT2D eigenvalue weighted by atomic mass is 16.1. The van der Waals surface area contributed by atoms with Gasteiger partial charge in [-0.25, -0.2) is 4.98 Å². The Hall–Kier alpha value is -2.36. The molecule has 1 amide bonds. The Bertz CT molecular complexity index is 710. The molecule has 100 valence electrons. The Morgan fingerprint density at radius 3 is 3.05 bits per heavy atom. The summed E-state index contributed by atoms with van der Waals surface area (Å²) in [7, 11) is 0. The Labute approximate surface area is 117 Å². The van der Waals surface area contributed by atoms with Crippen molar-refractivity contribution in [3.05, 3.63) is 55.0 Å². The summed E-state index contributed by atoms with van der Waals surface area (Å²) in [6.07, 6.45) is 6.97. The lowest BCUT2D eigenvalue weighted by molar-refractivity contribution is -0.118. The molecule has 1 spiro atoms. The summed E-state index contributed by atoms with van der Waals surface area (Å²) in [5.74, 6) is -0.0954. The standard InChI is InChI=1S/C16H15N3O/c1-2-15(20)18-11-7-16(8-11)13-6-4-3-5-12(13)14-9-17-10-19(14)16/h2-6,9-11H,1,7-8H2,(H,18,20). The second-order valence-corrected chi connectivity index (χ2v) is 5.54. The molecule has 1 fully saturated rings. The minimum atomic E-state index is -0.0954. The Morgan fingerprint density at radius 2 is 2.25 bits per heavy atom. The van der Waals surface area contributed by atoms with Crippen LogP contribution in [0, 0.1) is 0 Å². The zero-order chi connectivity index (χ0) is 13.7. The zero-order valence-electron chi connectivity index (χ0n) is 11.0. The van der Waals surface area contributed by atoms with Gasteiger partial charge < -0.3 is 9.88 Å². The lowest BCUT2D eigenvalue weighted by Gasteiger charge is -2.47. The molecule has 1 saturated carbocycles. The number of imidazole rings is 1. The SMILES string of the molecule is C=CC(=O)NC1CC2(C1)c1ccccc1-c1cncn12. The van der Waals surface area contributed by atoms with Gasteiger partial charge in [0, 0.05) is 11.6 Å². The second-order valence-electron chi connectivity index (χ2n) is 5.54. The monoisotopic (exact) mass is 265 g/mol. The van der Waals surface area contributed by atoms with Crippen molar-refractivity contribution in [2.24, 2.45) is 0 Å². The number of nitrogens with zero attached hydrogens (tertiary/aromatic N) is 2. The van der Waals surface area contributed by atoms with Crippen LogP contribution in [-0.2, 0) is 10.3 Å². The molecule has 4 nitrogen and oxygen atoms in total. The van der Waals surface area contributed by atoms with E-state index in [0.717, 1.165) is 12.8 Å². The normalized spacial score (nSPS) is 25.7. The molecule has 0 unspecified atom stereocenters. The van der Waals surface area contributed by atoms with Crippen molar-refractivity contribution in [1.82, 2.24) is 14.9 Å². The molecule has 20 heavy (non-hydrogen) atoms. The van der Waals surface area contributed by atoms with E-state index in [-0.39, 0.29) is 17.5 Å². The number of benzene rings is 1. The molecular formula is C16H15N3O. The van der Waals surface area contributed by atoms with Crippen LogP contribution in [0.4, 0.5) is 0 Å². The number of hydrogen-bond acceptors (Lipinski definition) is 2. The summed E-state index contributed by atoms with van der Waals surface area (Å²) in [5, 5.41) is 2.98. The van der Waals surface area contributed by atoms with Crippen LogP contribution < -0.4 is 5.32 Å². The summed E-state index contributed by atoms with van der Waals surface area (Å²) in [4.78, 5) is 15.7. The molecule has 0 saturated heterocycles. The Balaban J connectivity index is 1.71. The van der Waals surface area contributed by atoms with E-state index < -0.39 is 0 Å². The van der Waals surface area contributed by atoms with Crippen LogP contribution in [0.3, 0.4) is 0 Å². The smallest absolute Gasteiger partial charge is 0.243 e. The largest absolute Gasteiger partial charge is 0.350 e. The van der Waals surface area contributed by atoms with Crippen LogP contribution in [0.5, 0.6) is 0 Å². The number of aromatic nitrogens is 2. The van der Waals surface area contributed by atoms with Crippen molar-refractivity contribution in [1.29, 1.82) is 0 Å². The van der Waals surface area contributed by atoms with Crippen molar-refractivity contribution in [3.8, 4) is 11.3 Å². The lowest BCUT2D eigenvalue weighted by atomic mass is 9.68. The Morgan fingerprint density at radius 1 is 1.45 bits per heavy atom. The van der Waals surface area contributed by atoms with Gasteiger partial charge in [0.15, 0.2) is 0 Å². The first-order valence-electron chi connectivity index (χ1n) is 6.80. The molecule has 1 aromatic carbocycles. The lowest BCUT2D eigenvalue weighted by Crippen LogP contribution is -2.55. The number of fused-ring (bicyclic) bond motifs is 5. The third kappa shape index (κ3) is 1.31. The molecule has 2 aliphatic rings. The third-order valence-corrected chi connectivity index (χ3v) is 4.50. The van der Waals surface area contributed by atoms with Gasteiger partial charge in [0.2, 0.25) is 5.91 Å². The van der Waals surface area contributed by atoms with Crippen LogP contribution in [0.15, 0.2) is 49.4 Å². The van der Waals surface area contributed by atoms with Crippen LogP contribution in [-0.4, -0.2) is 21.5 Å². The number of rotatable bonds is 2. The molecule has 2 aromatic rings. The highest BCUT2D eigenvalue weighted by Crippen LogP contribution is 2.53. The minimum Gasteiger partial charge on any atom is -0.350 e. The summed E-state index contributed by atoms with van der Waals surface area (Å²) in [5.41, 5.74) is 3.76. The van der Waals surface area contributed by atoms with Gasteiger partial charge in [0.05, 0.1) is 23.8 Å². The highest BCUT2D eigenvalue weighted by Gasteiger charge is 2.52. The van der Waals surface area contributed by atoms with Crippen molar-refractivity contribution in [2.45, 2.75) is 24.4 Å². The summed E-state index contributed by atoms with van der Waals surface area (Å²) in [6, 6.07) is 8.68. The van der Waals surface area contributed by atoms with E-state index in [1.165, 1.54) is 22.9 Å². The van der Waals surface area contributed by atoms with Gasteiger partial charge in [-0.3, -0.25) is 4.79 Å². The molecule has 1 aliphatic heterocycles. The fourth-order valence-electron chi connectivity index (χ4n) is 3.61. The zero-order valence-corrected chi connectivity index (χ0v) is 11.0. The number of nitrogens with one attached hydrogen (secondary N) is 1. The first kappa shape index (κ1) is 11.5. The van der Waals surface area contributed by atoms with E-state index in [2.05, 4.69) is 45.7 Å². The average molecular weight is 265 g/mol. The molecule has 4 rings (SSSR count). The maximum atomic E-state index is 11.4. The molecular weight excluding hydrogens is 250 g/mol. The van der Waals surface area contributed by atoms with Gasteiger partial charge in [0.1, 0.15) is 0 Å². The van der Waals surface area contributed by atoms with Gasteiger partial charge in [0.25, 0.3) is 0 Å². The molecule has 0 bridgehead atoms. The van der Waals surface area contributed by atoms with Crippen molar-refractivity contribution < 1.29 is 4.79 Å². The number of carbonyl (C=O) groups excluding carboxylic acids is 1. The quantitative estimate of drug-likeness (QED) is 0.845. The van der Waals surface area contributed by atoms with Crippen LogP contribution in [0.2, 0.25) is 0 Å². The molecule has 1 aromatic heterocycles. The minimum absolute atomic E-state index is 0.0262. The van der Waals surface area contributed by atoms with Crippen LogP contribution in [0.1, 0.15) is 18.4 Å². The molecule has 0 radical (unpaired) electrons. The van der Waals surface area contributed by atoms with E-state index in [1.807, 2.05) is 12.5 Å². The van der Waals surface area contributed by atoms with Gasteiger partial charge in [-0.15, -0.1) is 0 Å². The Kier molecular flexibility index (Phi) is 2.19. The first-order chi connectivity index (χ1) is 9.74. The highest BCUT2D eigenvalue weighted by molar-refractivity contribution is 5.87. The van der Waals surface area contributed by atoms with Gasteiger partial charge in [-0.1, -0.05) is 30.8 Å². The topological polar surface area (TPSA) is 46.9 Å². The fourth-order valence-corrected chi connectivity index (χ4v) is 3.61. The van der Waals surface area contributed by atoms with Gasteiger partial charge >= 0.3 is 0 Å². The van der Waals surface area contributed by atoms with E-state index in [1.54, 1.807) is 0 Å². The molecule has 4 heteroatoms. The summed E-state index contributed by atoms with van der Waals surface area (Å²) < 4.78 is 2.26. The summed E-state index contributed by atoms with van der Waals surface area (Å²) >= 11 is 0. The fraction of sp³-hybridized carbons (Fsp3) is 0.250. The van der Waals surface area contributed by atoms with Crippen LogP contribution >= 0.6 is 0 Å². The predicted molar refractivity (Wildman–Crippen MR) is 76.1 cm³/mol. The van der Waals surface area contributed by atoms with Crippen LogP contribution in [0.25, 0.3) is 11.3 Å². The molecule has 2 heterocycles. The number of hydrogen-bond donors (Lipinski definition) is 1. The molecule has 0 atom stereocenters. The third-order valence-electron chi connectivity index (χ3n) is 4.50. The van der Waals surface area contributed by atoms with E-state index in [4.69, 9.17) is 0 Å². The van der Waals surface area contributed by atoms with E-state index >= 15 is 0 Å². The van der Waals surface area contributed by atoms with Crippen molar-refractivity contribution >= 4 is 5.91 Å². The van der Waals surface area contributed by atoms with Crippen molar-refractivity contribution in [2.75, 3.05) is 0 Å². The maximum absolute atomic E-state index is 11.4. The van der Waals surface area contributed by atoms with Crippen molar-refractivity contribution in [3.63, 3.8) is 0 Å². The second kappa shape index (κ2) is 3.82. The predicted octanol–water partition coefficient (Wildman–Crippen LogP) is 2.07. The van der Waals surface area contributed by atoms with E-state index in [9.17, 15) is 4.79 Å². The van der Waals surface area contributed by atoms with Gasteiger partial charge in [-0.2, -0.15) is 0 Å². The maximum Gasteiger partial charge on any atom is 0.243 e. The molecule has 1 N–H and O–H groups in total. The van der Waals surface area contributed by atoms with Gasteiger partial charge in [-0.05, 0) is 24.5 Å². The molecule has 1 aliphatic carbocycles. The number of carbonyl (C=O) groups is 1.